The molecule has 1 aliphatic rings. The van der Waals surface area contributed by atoms with Crippen molar-refractivity contribution in [1.82, 2.24) is 4.98 Å². The highest BCUT2D eigenvalue weighted by Crippen LogP contribution is 2.25. The van der Waals surface area contributed by atoms with Crippen LogP contribution in [0.3, 0.4) is 0 Å². The Kier molecular flexibility index (Phi) is 5.57. The zero-order valence-electron chi connectivity index (χ0n) is 13.4. The van der Waals surface area contributed by atoms with Gasteiger partial charge in [-0.15, -0.1) is 0 Å². The fourth-order valence-corrected chi connectivity index (χ4v) is 2.98. The van der Waals surface area contributed by atoms with Crippen LogP contribution >= 0.6 is 12.2 Å². The summed E-state index contributed by atoms with van der Waals surface area (Å²) in [5, 5.41) is 3.52. The van der Waals surface area contributed by atoms with E-state index < -0.39 is 0 Å². The molecule has 1 aliphatic carbocycles. The maximum atomic E-state index is 5.90. The van der Waals surface area contributed by atoms with Crippen LogP contribution in [0, 0.1) is 5.92 Å². The molecular weight excluding hydrogens is 278 g/mol. The number of nitrogens with one attached hydrogen (secondary N) is 1. The monoisotopic (exact) mass is 305 g/mol. The highest BCUT2D eigenvalue weighted by Gasteiger charge is 2.17. The van der Waals surface area contributed by atoms with Crippen molar-refractivity contribution >= 4 is 23.0 Å². The van der Waals surface area contributed by atoms with Gasteiger partial charge in [-0.2, -0.15) is 0 Å². The van der Waals surface area contributed by atoms with Gasteiger partial charge in [-0.25, -0.2) is 4.98 Å². The first kappa shape index (κ1) is 16.2. The second-order valence-electron chi connectivity index (χ2n) is 6.58. The molecular formula is C17H27N3S. The first-order valence-corrected chi connectivity index (χ1v) is 8.47. The number of fused-ring (bicyclic) bond motifs is 1. The smallest absolute Gasteiger partial charge is 0.136 e. The molecule has 3 nitrogen and oxygen atoms in total. The lowest BCUT2D eigenvalue weighted by Gasteiger charge is -2.22. The summed E-state index contributed by atoms with van der Waals surface area (Å²) in [6.07, 6.45) is 6.98. The van der Waals surface area contributed by atoms with Gasteiger partial charge in [0, 0.05) is 11.7 Å². The van der Waals surface area contributed by atoms with E-state index in [2.05, 4.69) is 32.2 Å². The fourth-order valence-electron chi connectivity index (χ4n) is 2.82. The van der Waals surface area contributed by atoms with E-state index in [0.29, 0.717) is 11.0 Å². The average Bonchev–Trinajstić information content (AvgIpc) is 2.44. The van der Waals surface area contributed by atoms with Gasteiger partial charge in [0.15, 0.2) is 0 Å². The van der Waals surface area contributed by atoms with E-state index in [9.17, 15) is 0 Å². The molecule has 0 saturated heterocycles. The molecule has 4 heteroatoms. The number of anilines is 1. The summed E-state index contributed by atoms with van der Waals surface area (Å²) in [6.45, 7) is 6.71. The van der Waals surface area contributed by atoms with Gasteiger partial charge in [0.2, 0.25) is 0 Å². The minimum Gasteiger partial charge on any atom is -0.389 e. The van der Waals surface area contributed by atoms with Gasteiger partial charge in [0.05, 0.1) is 5.56 Å². The zero-order chi connectivity index (χ0) is 15.4. The molecule has 116 valence electrons. The first-order valence-electron chi connectivity index (χ1n) is 8.06. The zero-order valence-corrected chi connectivity index (χ0v) is 14.2. The highest BCUT2D eigenvalue weighted by atomic mass is 32.1. The largest absolute Gasteiger partial charge is 0.389 e. The number of aryl methyl sites for hydroxylation is 2. The summed E-state index contributed by atoms with van der Waals surface area (Å²) in [6, 6.07) is 2.54. The Morgan fingerprint density at radius 1 is 1.29 bits per heavy atom. The number of nitrogens with two attached hydrogens (primary N) is 1. The SMILES string of the molecule is CC(C)CCC(C)Nc1nc2c(cc1C(N)=S)CCCC2. The topological polar surface area (TPSA) is 50.9 Å². The van der Waals surface area contributed by atoms with Crippen molar-refractivity contribution in [2.45, 2.75) is 65.3 Å². The van der Waals surface area contributed by atoms with Gasteiger partial charge in [-0.3, -0.25) is 0 Å². The molecule has 2 rings (SSSR count). The predicted molar refractivity (Wildman–Crippen MR) is 93.9 cm³/mol. The van der Waals surface area contributed by atoms with Crippen LogP contribution in [0.25, 0.3) is 0 Å². The van der Waals surface area contributed by atoms with E-state index in [4.69, 9.17) is 22.9 Å². The molecule has 0 amide bonds. The first-order chi connectivity index (χ1) is 9.97. The van der Waals surface area contributed by atoms with E-state index >= 15 is 0 Å². The Labute approximate surface area is 133 Å². The number of aromatic nitrogens is 1. The summed E-state index contributed by atoms with van der Waals surface area (Å²) in [5.74, 6) is 1.60. The number of nitrogens with zero attached hydrogens (tertiary/aromatic N) is 1. The van der Waals surface area contributed by atoms with E-state index in [1.807, 2.05) is 0 Å². The molecule has 3 N–H and O–H groups in total. The minimum atomic E-state index is 0.384. The number of hydrogen-bond donors (Lipinski definition) is 2. The maximum Gasteiger partial charge on any atom is 0.136 e. The summed E-state index contributed by atoms with van der Waals surface area (Å²) in [7, 11) is 0. The molecule has 1 heterocycles. The van der Waals surface area contributed by atoms with E-state index in [1.165, 1.54) is 30.5 Å². The predicted octanol–water partition coefficient (Wildman–Crippen LogP) is 3.83. The van der Waals surface area contributed by atoms with Gasteiger partial charge in [0.1, 0.15) is 10.8 Å². The lowest BCUT2D eigenvalue weighted by molar-refractivity contribution is 0.527. The lowest BCUT2D eigenvalue weighted by atomic mass is 9.94. The van der Waals surface area contributed by atoms with Crippen molar-refractivity contribution in [3.8, 4) is 0 Å². The Bertz CT molecular complexity index is 511. The third-order valence-corrected chi connectivity index (χ3v) is 4.35. The van der Waals surface area contributed by atoms with Crippen LogP contribution in [0.5, 0.6) is 0 Å². The molecule has 0 bridgehead atoms. The summed E-state index contributed by atoms with van der Waals surface area (Å²) < 4.78 is 0. The number of rotatable bonds is 6. The molecule has 1 unspecified atom stereocenters. The summed E-state index contributed by atoms with van der Waals surface area (Å²) >= 11 is 5.21. The molecule has 0 spiro atoms. The van der Waals surface area contributed by atoms with E-state index in [-0.39, 0.29) is 0 Å². The van der Waals surface area contributed by atoms with Crippen molar-refractivity contribution < 1.29 is 0 Å². The number of thiocarbonyl (C=S) groups is 1. The van der Waals surface area contributed by atoms with Gasteiger partial charge in [0.25, 0.3) is 0 Å². The number of hydrogen-bond acceptors (Lipinski definition) is 3. The van der Waals surface area contributed by atoms with Crippen LogP contribution in [0.2, 0.25) is 0 Å². The standard InChI is InChI=1S/C17H27N3S/c1-11(2)8-9-12(3)19-17-14(16(18)21)10-13-6-4-5-7-15(13)20-17/h10-12H,4-9H2,1-3H3,(H2,18,21)(H,19,20). The van der Waals surface area contributed by atoms with E-state index in [0.717, 1.165) is 36.6 Å². The van der Waals surface area contributed by atoms with Crippen LogP contribution in [0.15, 0.2) is 6.07 Å². The van der Waals surface area contributed by atoms with Crippen molar-refractivity contribution in [2.75, 3.05) is 5.32 Å². The fraction of sp³-hybridized carbons (Fsp3) is 0.647. The van der Waals surface area contributed by atoms with Crippen molar-refractivity contribution in [3.63, 3.8) is 0 Å². The van der Waals surface area contributed by atoms with Crippen molar-refractivity contribution in [2.24, 2.45) is 11.7 Å². The molecule has 0 aromatic carbocycles. The Balaban J connectivity index is 2.18. The number of pyridine rings is 1. The van der Waals surface area contributed by atoms with E-state index in [1.54, 1.807) is 0 Å². The molecule has 21 heavy (non-hydrogen) atoms. The van der Waals surface area contributed by atoms with Gasteiger partial charge >= 0.3 is 0 Å². The second-order valence-corrected chi connectivity index (χ2v) is 7.02. The Morgan fingerprint density at radius 2 is 2.00 bits per heavy atom. The third-order valence-electron chi connectivity index (χ3n) is 4.13. The lowest BCUT2D eigenvalue weighted by Crippen LogP contribution is -2.22. The molecule has 1 aromatic heterocycles. The summed E-state index contributed by atoms with van der Waals surface area (Å²) in [5.41, 5.74) is 9.35. The molecule has 0 aliphatic heterocycles. The quantitative estimate of drug-likeness (QED) is 0.784. The average molecular weight is 305 g/mol. The third kappa shape index (κ3) is 4.40. The van der Waals surface area contributed by atoms with Crippen LogP contribution in [0.1, 0.15) is 63.3 Å². The molecule has 1 aromatic rings. The van der Waals surface area contributed by atoms with Gasteiger partial charge < -0.3 is 11.1 Å². The highest BCUT2D eigenvalue weighted by molar-refractivity contribution is 7.80. The Hall–Kier alpha value is -1.16. The van der Waals surface area contributed by atoms with Gasteiger partial charge in [-0.05, 0) is 63.0 Å². The minimum absolute atomic E-state index is 0.384. The summed E-state index contributed by atoms with van der Waals surface area (Å²) in [4.78, 5) is 5.26. The van der Waals surface area contributed by atoms with Crippen LogP contribution < -0.4 is 11.1 Å². The Morgan fingerprint density at radius 3 is 2.67 bits per heavy atom. The molecule has 0 radical (unpaired) electrons. The van der Waals surface area contributed by atoms with Crippen molar-refractivity contribution in [1.29, 1.82) is 0 Å². The van der Waals surface area contributed by atoms with Crippen LogP contribution in [-0.4, -0.2) is 16.0 Å². The normalized spacial score (nSPS) is 15.6. The maximum absolute atomic E-state index is 5.90. The molecule has 1 atom stereocenters. The molecule has 0 saturated carbocycles. The van der Waals surface area contributed by atoms with Gasteiger partial charge in [-0.1, -0.05) is 26.1 Å². The second kappa shape index (κ2) is 7.21. The van der Waals surface area contributed by atoms with Crippen LogP contribution in [0.4, 0.5) is 5.82 Å². The molecule has 0 fully saturated rings. The van der Waals surface area contributed by atoms with Crippen LogP contribution in [-0.2, 0) is 12.8 Å². The van der Waals surface area contributed by atoms with Crippen molar-refractivity contribution in [3.05, 3.63) is 22.9 Å².